The number of hydrogen-bond acceptors (Lipinski definition) is 7. The van der Waals surface area contributed by atoms with Crippen molar-refractivity contribution in [1.29, 1.82) is 0 Å². The van der Waals surface area contributed by atoms with Crippen molar-refractivity contribution in [2.75, 3.05) is 6.61 Å². The molecule has 1 aromatic heterocycles. The number of aromatic nitrogens is 1. The standard InChI is InChI=1S/C23H27NO6/c1-13(7-6-10-28-16(4)25)19-14(2)11-18-20(15(3)22(26)29-18)21(19)30-23(27)17-8-5-9-24-12-17/h5,8-9,12-13,18,20-21H,3,6-7,10-11H2,1-2,4H3. The van der Waals surface area contributed by atoms with Crippen LogP contribution in [0.15, 0.2) is 47.8 Å². The predicted octanol–water partition coefficient (Wildman–Crippen LogP) is 3.40. The Morgan fingerprint density at radius 3 is 2.83 bits per heavy atom. The Balaban J connectivity index is 1.84. The van der Waals surface area contributed by atoms with E-state index in [0.717, 1.165) is 17.6 Å². The molecule has 2 aliphatic rings. The van der Waals surface area contributed by atoms with Gasteiger partial charge in [0.15, 0.2) is 0 Å². The largest absolute Gasteiger partial charge is 0.466 e. The van der Waals surface area contributed by atoms with Crippen LogP contribution in [0.3, 0.4) is 0 Å². The van der Waals surface area contributed by atoms with Crippen LogP contribution in [-0.4, -0.2) is 41.7 Å². The van der Waals surface area contributed by atoms with Gasteiger partial charge >= 0.3 is 17.9 Å². The average Bonchev–Trinajstić information content (AvgIpc) is 2.99. The number of rotatable bonds is 7. The Labute approximate surface area is 176 Å². The predicted molar refractivity (Wildman–Crippen MR) is 108 cm³/mol. The molecule has 0 amide bonds. The summed E-state index contributed by atoms with van der Waals surface area (Å²) in [5.74, 6) is -1.59. The van der Waals surface area contributed by atoms with E-state index >= 15 is 0 Å². The summed E-state index contributed by atoms with van der Waals surface area (Å²) in [5, 5.41) is 0. The molecule has 7 nitrogen and oxygen atoms in total. The second-order valence-corrected chi connectivity index (χ2v) is 7.89. The van der Waals surface area contributed by atoms with Crippen LogP contribution in [0.4, 0.5) is 0 Å². The molecule has 4 atom stereocenters. The SMILES string of the molecule is C=C1C(=O)OC2CC(C)=C(C(C)CCCOC(C)=O)C(OC(=O)c3cccnc3)C12. The molecular formula is C23H27NO6. The van der Waals surface area contributed by atoms with E-state index in [-0.39, 0.29) is 18.0 Å². The van der Waals surface area contributed by atoms with Gasteiger partial charge in [-0.15, -0.1) is 0 Å². The Kier molecular flexibility index (Phi) is 6.70. The van der Waals surface area contributed by atoms with E-state index in [1.54, 1.807) is 18.3 Å². The van der Waals surface area contributed by atoms with Crippen molar-refractivity contribution in [2.45, 2.75) is 52.2 Å². The van der Waals surface area contributed by atoms with Gasteiger partial charge in [0.1, 0.15) is 12.2 Å². The van der Waals surface area contributed by atoms with Gasteiger partial charge in [-0.3, -0.25) is 9.78 Å². The van der Waals surface area contributed by atoms with Crippen LogP contribution < -0.4 is 0 Å². The van der Waals surface area contributed by atoms with Crippen LogP contribution in [0.2, 0.25) is 0 Å². The quantitative estimate of drug-likeness (QED) is 0.222. The summed E-state index contributed by atoms with van der Waals surface area (Å²) in [5.41, 5.74) is 2.70. The van der Waals surface area contributed by atoms with Crippen molar-refractivity contribution in [3.63, 3.8) is 0 Å². The molecule has 1 aliphatic carbocycles. The van der Waals surface area contributed by atoms with Gasteiger partial charge in [0.2, 0.25) is 0 Å². The van der Waals surface area contributed by atoms with Crippen molar-refractivity contribution < 1.29 is 28.6 Å². The van der Waals surface area contributed by atoms with Crippen LogP contribution in [0.25, 0.3) is 0 Å². The molecule has 0 spiro atoms. The Bertz CT molecular complexity index is 875. The highest BCUT2D eigenvalue weighted by Gasteiger charge is 2.50. The molecule has 1 saturated heterocycles. The fourth-order valence-corrected chi connectivity index (χ4v) is 4.31. The molecule has 3 rings (SSSR count). The van der Waals surface area contributed by atoms with Crippen molar-refractivity contribution in [3.8, 4) is 0 Å². The van der Waals surface area contributed by atoms with E-state index in [4.69, 9.17) is 14.2 Å². The van der Waals surface area contributed by atoms with E-state index in [2.05, 4.69) is 18.5 Å². The fraction of sp³-hybridized carbons (Fsp3) is 0.478. The number of hydrogen-bond donors (Lipinski definition) is 0. The van der Waals surface area contributed by atoms with Gasteiger partial charge in [-0.1, -0.05) is 19.1 Å². The third-order valence-electron chi connectivity index (χ3n) is 5.71. The Morgan fingerprint density at radius 1 is 1.40 bits per heavy atom. The van der Waals surface area contributed by atoms with Gasteiger partial charge in [-0.05, 0) is 43.4 Å². The number of fused-ring (bicyclic) bond motifs is 1. The molecule has 2 heterocycles. The second kappa shape index (κ2) is 9.24. The highest BCUT2D eigenvalue weighted by Crippen LogP contribution is 2.45. The average molecular weight is 413 g/mol. The summed E-state index contributed by atoms with van der Waals surface area (Å²) < 4.78 is 16.5. The maximum Gasteiger partial charge on any atom is 0.340 e. The minimum Gasteiger partial charge on any atom is -0.466 e. The summed E-state index contributed by atoms with van der Waals surface area (Å²) in [4.78, 5) is 39.9. The number of esters is 3. The van der Waals surface area contributed by atoms with Crippen LogP contribution in [0.1, 0.15) is 50.4 Å². The number of carbonyl (C=O) groups is 3. The van der Waals surface area contributed by atoms with Crippen LogP contribution in [-0.2, 0) is 23.8 Å². The van der Waals surface area contributed by atoms with Gasteiger partial charge in [0.05, 0.1) is 18.1 Å². The third kappa shape index (κ3) is 4.61. The first-order valence-corrected chi connectivity index (χ1v) is 10.1. The molecule has 0 saturated carbocycles. The van der Waals surface area contributed by atoms with Gasteiger partial charge in [0.25, 0.3) is 0 Å². The minimum absolute atomic E-state index is 0.0664. The first kappa shape index (κ1) is 21.7. The topological polar surface area (TPSA) is 91.8 Å². The van der Waals surface area contributed by atoms with Gasteiger partial charge in [-0.2, -0.15) is 0 Å². The zero-order valence-electron chi connectivity index (χ0n) is 17.6. The second-order valence-electron chi connectivity index (χ2n) is 7.89. The molecule has 1 aromatic rings. The molecular weight excluding hydrogens is 386 g/mol. The van der Waals surface area contributed by atoms with E-state index in [0.29, 0.717) is 30.6 Å². The van der Waals surface area contributed by atoms with Crippen LogP contribution in [0.5, 0.6) is 0 Å². The van der Waals surface area contributed by atoms with E-state index in [9.17, 15) is 14.4 Å². The smallest absolute Gasteiger partial charge is 0.340 e. The van der Waals surface area contributed by atoms with Crippen molar-refractivity contribution in [3.05, 3.63) is 53.4 Å². The number of nitrogens with zero attached hydrogens (tertiary/aromatic N) is 1. The molecule has 1 fully saturated rings. The van der Waals surface area contributed by atoms with Crippen LogP contribution >= 0.6 is 0 Å². The van der Waals surface area contributed by atoms with E-state index in [1.165, 1.54) is 13.1 Å². The van der Waals surface area contributed by atoms with Gasteiger partial charge in [-0.25, -0.2) is 9.59 Å². The van der Waals surface area contributed by atoms with Gasteiger partial charge in [0, 0.05) is 31.3 Å². The fourth-order valence-electron chi connectivity index (χ4n) is 4.31. The number of ether oxygens (including phenoxy) is 3. The Morgan fingerprint density at radius 2 is 2.17 bits per heavy atom. The molecule has 4 unspecified atom stereocenters. The maximum absolute atomic E-state index is 12.8. The normalized spacial score (nSPS) is 24.2. The highest BCUT2D eigenvalue weighted by atomic mass is 16.6. The summed E-state index contributed by atoms with van der Waals surface area (Å²) in [6.07, 6.45) is 4.03. The lowest BCUT2D eigenvalue weighted by atomic mass is 9.73. The van der Waals surface area contributed by atoms with Gasteiger partial charge < -0.3 is 14.2 Å². The maximum atomic E-state index is 12.8. The molecule has 0 bridgehead atoms. The lowest BCUT2D eigenvalue weighted by molar-refractivity contribution is -0.141. The minimum atomic E-state index is -0.640. The molecule has 160 valence electrons. The first-order valence-electron chi connectivity index (χ1n) is 10.1. The zero-order valence-corrected chi connectivity index (χ0v) is 17.6. The molecule has 0 N–H and O–H groups in total. The van der Waals surface area contributed by atoms with Crippen LogP contribution in [0, 0.1) is 11.8 Å². The van der Waals surface area contributed by atoms with E-state index in [1.807, 2.05) is 6.92 Å². The van der Waals surface area contributed by atoms with Crippen molar-refractivity contribution in [1.82, 2.24) is 4.98 Å². The first-order chi connectivity index (χ1) is 14.3. The molecule has 30 heavy (non-hydrogen) atoms. The summed E-state index contributed by atoms with van der Waals surface area (Å²) in [6, 6.07) is 3.31. The monoisotopic (exact) mass is 413 g/mol. The molecule has 0 aromatic carbocycles. The Hall–Kier alpha value is -2.96. The lowest BCUT2D eigenvalue weighted by Gasteiger charge is -2.37. The zero-order chi connectivity index (χ0) is 21.8. The summed E-state index contributed by atoms with van der Waals surface area (Å²) in [7, 11) is 0. The molecule has 0 radical (unpaired) electrons. The van der Waals surface area contributed by atoms with Crippen molar-refractivity contribution in [2.24, 2.45) is 11.8 Å². The lowest BCUT2D eigenvalue weighted by Crippen LogP contribution is -2.40. The highest BCUT2D eigenvalue weighted by molar-refractivity contribution is 5.92. The molecule has 7 heteroatoms. The summed E-state index contributed by atoms with van der Waals surface area (Å²) in [6.45, 7) is 9.66. The van der Waals surface area contributed by atoms with Crippen molar-refractivity contribution >= 4 is 17.9 Å². The molecule has 1 aliphatic heterocycles. The third-order valence-corrected chi connectivity index (χ3v) is 5.71. The number of pyridine rings is 1. The van der Waals surface area contributed by atoms with E-state index < -0.39 is 24.0 Å². The summed E-state index contributed by atoms with van der Waals surface area (Å²) >= 11 is 0. The number of carbonyl (C=O) groups excluding carboxylic acids is 3.